The average Bonchev–Trinajstić information content (AvgIpc) is 3.04. The number of hydrogen-bond donors (Lipinski definition) is 1. The summed E-state index contributed by atoms with van der Waals surface area (Å²) in [7, 11) is 0. The highest BCUT2D eigenvalue weighted by atomic mass is 79.9. The lowest BCUT2D eigenvalue weighted by molar-refractivity contribution is -0.274. The van der Waals surface area contributed by atoms with Crippen LogP contribution in [0.1, 0.15) is 15.9 Å². The Morgan fingerprint density at radius 1 is 0.953 bits per heavy atom. The van der Waals surface area contributed by atoms with Crippen LogP contribution in [-0.4, -0.2) is 66.2 Å². The van der Waals surface area contributed by atoms with Gasteiger partial charge in [-0.2, -0.15) is 13.2 Å². The first-order valence-corrected chi connectivity index (χ1v) is 13.4. The highest BCUT2D eigenvalue weighted by molar-refractivity contribution is 9.10. The summed E-state index contributed by atoms with van der Waals surface area (Å²) < 4.78 is 86.4. The number of piperazine rings is 1. The van der Waals surface area contributed by atoms with E-state index in [9.17, 15) is 40.7 Å². The maximum Gasteiger partial charge on any atom is 0.573 e. The molecule has 2 aliphatic heterocycles. The van der Waals surface area contributed by atoms with Crippen molar-refractivity contribution in [2.75, 3.05) is 31.6 Å². The van der Waals surface area contributed by atoms with Gasteiger partial charge >= 0.3 is 12.5 Å². The number of hydrogen-bond acceptors (Lipinski definition) is 5. The molecule has 2 aliphatic rings. The summed E-state index contributed by atoms with van der Waals surface area (Å²) >= 11 is 3.07. The van der Waals surface area contributed by atoms with Crippen molar-refractivity contribution in [3.05, 3.63) is 76.3 Å². The molecule has 3 aromatic carbocycles. The van der Waals surface area contributed by atoms with E-state index in [1.54, 1.807) is 0 Å². The SMILES string of the molecule is O=C1Nc2ccc(-c3cccc(C(F)(F)F)c3)cc2C(=O)N2CCN(C(=O)COc3ccc(OC(F)(F)F)cc3Br)C[C@H]12. The minimum Gasteiger partial charge on any atom is -0.483 e. The first kappa shape index (κ1) is 30.2. The van der Waals surface area contributed by atoms with Crippen LogP contribution < -0.4 is 14.8 Å². The molecule has 0 spiro atoms. The van der Waals surface area contributed by atoms with Crippen LogP contribution >= 0.6 is 15.9 Å². The van der Waals surface area contributed by atoms with Gasteiger partial charge in [-0.1, -0.05) is 18.2 Å². The Balaban J connectivity index is 1.27. The number of carbonyl (C=O) groups excluding carboxylic acids is 3. The first-order chi connectivity index (χ1) is 20.2. The highest BCUT2D eigenvalue weighted by Gasteiger charge is 2.40. The zero-order valence-electron chi connectivity index (χ0n) is 21.8. The standard InChI is InChI=1S/C28H20BrF6N3O5/c29-20-12-18(43-28(33,34)35)5-7-23(20)42-14-24(39)37-8-9-38-22(13-37)25(40)36-21-6-4-16(11-19(21)26(38)41)15-2-1-3-17(10-15)27(30,31)32/h1-7,10-12,22H,8-9,13-14H2,(H,36,40)/t22-/m1/s1. The molecule has 1 atom stereocenters. The molecule has 1 fully saturated rings. The fourth-order valence-corrected chi connectivity index (χ4v) is 5.23. The smallest absolute Gasteiger partial charge is 0.483 e. The minimum atomic E-state index is -4.88. The quantitative estimate of drug-likeness (QED) is 0.351. The zero-order valence-corrected chi connectivity index (χ0v) is 23.3. The van der Waals surface area contributed by atoms with Gasteiger partial charge in [0.05, 0.1) is 27.8 Å². The summed E-state index contributed by atoms with van der Waals surface area (Å²) in [5, 5.41) is 2.66. The summed E-state index contributed by atoms with van der Waals surface area (Å²) in [5.41, 5.74) is 0.0215. The molecule has 43 heavy (non-hydrogen) atoms. The van der Waals surface area contributed by atoms with E-state index >= 15 is 0 Å². The molecule has 0 unspecified atom stereocenters. The van der Waals surface area contributed by atoms with Crippen molar-refractivity contribution in [2.24, 2.45) is 0 Å². The molecule has 2 heterocycles. The van der Waals surface area contributed by atoms with E-state index in [2.05, 4.69) is 26.0 Å². The summed E-state index contributed by atoms with van der Waals surface area (Å²) in [6.45, 7) is -0.613. The maximum atomic E-state index is 13.5. The molecule has 226 valence electrons. The molecule has 0 saturated carbocycles. The van der Waals surface area contributed by atoms with E-state index in [1.807, 2.05) is 0 Å². The predicted molar refractivity (Wildman–Crippen MR) is 143 cm³/mol. The number of rotatable bonds is 5. The predicted octanol–water partition coefficient (Wildman–Crippen LogP) is 5.72. The number of amides is 3. The van der Waals surface area contributed by atoms with E-state index in [-0.39, 0.29) is 46.7 Å². The Kier molecular flexibility index (Phi) is 8.03. The van der Waals surface area contributed by atoms with Crippen LogP contribution in [0.15, 0.2) is 65.1 Å². The Hall–Kier alpha value is -4.27. The van der Waals surface area contributed by atoms with Gasteiger partial charge in [-0.3, -0.25) is 14.4 Å². The third-order valence-corrected chi connectivity index (χ3v) is 7.44. The Morgan fingerprint density at radius 2 is 1.70 bits per heavy atom. The van der Waals surface area contributed by atoms with Gasteiger partial charge in [-0.05, 0) is 69.5 Å². The fraction of sp³-hybridized carbons (Fsp3) is 0.250. The third-order valence-electron chi connectivity index (χ3n) is 6.82. The maximum absolute atomic E-state index is 13.5. The van der Waals surface area contributed by atoms with Crippen molar-refractivity contribution in [1.82, 2.24) is 9.80 Å². The molecule has 0 aliphatic carbocycles. The topological polar surface area (TPSA) is 88.2 Å². The summed E-state index contributed by atoms with van der Waals surface area (Å²) in [6.07, 6.45) is -9.43. The second kappa shape index (κ2) is 11.4. The summed E-state index contributed by atoms with van der Waals surface area (Å²) in [5.74, 6) is -2.02. The van der Waals surface area contributed by atoms with E-state index < -0.39 is 54.2 Å². The van der Waals surface area contributed by atoms with Gasteiger partial charge in [0.15, 0.2) is 6.61 Å². The minimum absolute atomic E-state index is 0.0109. The monoisotopic (exact) mass is 671 g/mol. The van der Waals surface area contributed by atoms with Crippen molar-refractivity contribution in [2.45, 2.75) is 18.6 Å². The second-order valence-electron chi connectivity index (χ2n) is 9.61. The van der Waals surface area contributed by atoms with Crippen molar-refractivity contribution in [3.8, 4) is 22.6 Å². The molecule has 8 nitrogen and oxygen atoms in total. The van der Waals surface area contributed by atoms with Gasteiger partial charge in [-0.15, -0.1) is 13.2 Å². The van der Waals surface area contributed by atoms with Gasteiger partial charge in [0.2, 0.25) is 5.91 Å². The van der Waals surface area contributed by atoms with Gasteiger partial charge in [0, 0.05) is 13.1 Å². The van der Waals surface area contributed by atoms with Crippen LogP contribution in [-0.2, 0) is 15.8 Å². The number of benzene rings is 3. The number of carbonyl (C=O) groups is 3. The average molecular weight is 672 g/mol. The zero-order chi connectivity index (χ0) is 31.1. The number of fused-ring (bicyclic) bond motifs is 2. The van der Waals surface area contributed by atoms with E-state index in [0.29, 0.717) is 5.56 Å². The lowest BCUT2D eigenvalue weighted by Crippen LogP contribution is -2.60. The lowest BCUT2D eigenvalue weighted by atomic mass is 9.99. The molecule has 5 rings (SSSR count). The molecular formula is C28H20BrF6N3O5. The summed E-state index contributed by atoms with van der Waals surface area (Å²) in [4.78, 5) is 42.1. The Labute approximate surface area is 248 Å². The third kappa shape index (κ3) is 6.71. The van der Waals surface area contributed by atoms with E-state index in [1.165, 1.54) is 46.2 Å². The largest absolute Gasteiger partial charge is 0.573 e. The summed E-state index contributed by atoms with van der Waals surface area (Å²) in [6, 6.07) is 11.2. The highest BCUT2D eigenvalue weighted by Crippen LogP contribution is 2.35. The first-order valence-electron chi connectivity index (χ1n) is 12.6. The molecule has 15 heteroatoms. The fourth-order valence-electron chi connectivity index (χ4n) is 4.76. The molecule has 3 amide bonds. The molecule has 1 saturated heterocycles. The number of nitrogens with zero attached hydrogens (tertiary/aromatic N) is 2. The molecule has 0 radical (unpaired) electrons. The Bertz CT molecular complexity index is 1600. The van der Waals surface area contributed by atoms with Gasteiger partial charge < -0.3 is 24.6 Å². The molecule has 1 N–H and O–H groups in total. The van der Waals surface area contributed by atoms with Crippen molar-refractivity contribution in [3.63, 3.8) is 0 Å². The number of halogens is 7. The van der Waals surface area contributed by atoms with Crippen LogP contribution in [0, 0.1) is 0 Å². The van der Waals surface area contributed by atoms with Crippen LogP contribution in [0.5, 0.6) is 11.5 Å². The molecular weight excluding hydrogens is 652 g/mol. The van der Waals surface area contributed by atoms with E-state index in [0.717, 1.165) is 24.3 Å². The Morgan fingerprint density at radius 3 is 2.40 bits per heavy atom. The van der Waals surface area contributed by atoms with Crippen molar-refractivity contribution >= 4 is 39.3 Å². The number of nitrogens with one attached hydrogen (secondary N) is 1. The number of anilines is 1. The van der Waals surface area contributed by atoms with Gasteiger partial charge in [0.25, 0.3) is 11.8 Å². The van der Waals surface area contributed by atoms with Crippen LogP contribution in [0.3, 0.4) is 0 Å². The number of ether oxygens (including phenoxy) is 2. The van der Waals surface area contributed by atoms with Crippen LogP contribution in [0.4, 0.5) is 32.0 Å². The van der Waals surface area contributed by atoms with E-state index in [4.69, 9.17) is 4.74 Å². The van der Waals surface area contributed by atoms with Crippen LogP contribution in [0.25, 0.3) is 11.1 Å². The van der Waals surface area contributed by atoms with Crippen LogP contribution in [0.2, 0.25) is 0 Å². The van der Waals surface area contributed by atoms with Crippen molar-refractivity contribution < 1.29 is 50.2 Å². The number of alkyl halides is 6. The molecule has 3 aromatic rings. The van der Waals surface area contributed by atoms with Crippen molar-refractivity contribution in [1.29, 1.82) is 0 Å². The molecule has 0 aromatic heterocycles. The second-order valence-corrected chi connectivity index (χ2v) is 10.5. The normalized spacial score (nSPS) is 17.0. The lowest BCUT2D eigenvalue weighted by Gasteiger charge is -2.39. The van der Waals surface area contributed by atoms with Gasteiger partial charge in [-0.25, -0.2) is 0 Å². The van der Waals surface area contributed by atoms with Gasteiger partial charge in [0.1, 0.15) is 17.5 Å². The molecule has 0 bridgehead atoms.